The first-order chi connectivity index (χ1) is 13.4. The van der Waals surface area contributed by atoms with Gasteiger partial charge in [-0.3, -0.25) is 19.5 Å². The zero-order valence-electron chi connectivity index (χ0n) is 17.3. The van der Waals surface area contributed by atoms with E-state index in [-0.39, 0.29) is 24.3 Å². The summed E-state index contributed by atoms with van der Waals surface area (Å²) in [7, 11) is 0. The third kappa shape index (κ3) is 4.27. The standard InChI is InChI=1S/C22H32N4O2/c1-15(2)19-17-11-9-10-16(3)20(17)26(22(28)21(23)24-19)14-18(27)25-12-7-5-4-6-8-13-25/h9-11,15,21H,4-8,12-14,23H2,1-3H3. The number of rotatable bonds is 3. The monoisotopic (exact) mass is 384 g/mol. The molecule has 28 heavy (non-hydrogen) atoms. The topological polar surface area (TPSA) is 79.0 Å². The van der Waals surface area contributed by atoms with Gasteiger partial charge in [0.25, 0.3) is 5.91 Å². The average Bonchev–Trinajstić information content (AvgIpc) is 2.72. The van der Waals surface area contributed by atoms with E-state index < -0.39 is 6.17 Å². The molecule has 3 rings (SSSR count). The molecule has 6 nitrogen and oxygen atoms in total. The number of nitrogens with zero attached hydrogens (tertiary/aromatic N) is 3. The Labute approximate surface area is 167 Å². The van der Waals surface area contributed by atoms with Gasteiger partial charge in [-0.15, -0.1) is 0 Å². The molecule has 2 aliphatic rings. The van der Waals surface area contributed by atoms with Gasteiger partial charge in [0.15, 0.2) is 6.17 Å². The van der Waals surface area contributed by atoms with Crippen molar-refractivity contribution in [1.82, 2.24) is 4.90 Å². The lowest BCUT2D eigenvalue weighted by Crippen LogP contribution is -2.48. The minimum atomic E-state index is -0.982. The number of amides is 2. The van der Waals surface area contributed by atoms with Crippen LogP contribution < -0.4 is 10.6 Å². The predicted octanol–water partition coefficient (Wildman–Crippen LogP) is 2.86. The molecule has 0 spiro atoms. The summed E-state index contributed by atoms with van der Waals surface area (Å²) in [6, 6.07) is 5.90. The number of benzodiazepines with no additional fused rings is 1. The maximum absolute atomic E-state index is 13.1. The van der Waals surface area contributed by atoms with Gasteiger partial charge < -0.3 is 10.6 Å². The molecule has 1 fully saturated rings. The van der Waals surface area contributed by atoms with Crippen LogP contribution in [0, 0.1) is 12.8 Å². The van der Waals surface area contributed by atoms with Gasteiger partial charge >= 0.3 is 0 Å². The van der Waals surface area contributed by atoms with Crippen LogP contribution in [0.5, 0.6) is 0 Å². The Morgan fingerprint density at radius 2 is 1.82 bits per heavy atom. The van der Waals surface area contributed by atoms with E-state index in [0.717, 1.165) is 61.3 Å². The molecule has 152 valence electrons. The second-order valence-electron chi connectivity index (χ2n) is 8.16. The fraction of sp³-hybridized carbons (Fsp3) is 0.591. The summed E-state index contributed by atoms with van der Waals surface area (Å²) in [6.45, 7) is 7.61. The van der Waals surface area contributed by atoms with E-state index in [2.05, 4.69) is 4.99 Å². The van der Waals surface area contributed by atoms with E-state index in [1.165, 1.54) is 6.42 Å². The van der Waals surface area contributed by atoms with Crippen LogP contribution >= 0.6 is 0 Å². The van der Waals surface area contributed by atoms with Crippen LogP contribution in [-0.4, -0.2) is 48.2 Å². The van der Waals surface area contributed by atoms with E-state index in [4.69, 9.17) is 5.73 Å². The molecule has 2 heterocycles. The summed E-state index contributed by atoms with van der Waals surface area (Å²) in [6.07, 6.45) is 4.62. The molecule has 6 heteroatoms. The Hall–Kier alpha value is -2.21. The molecule has 1 atom stereocenters. The summed E-state index contributed by atoms with van der Waals surface area (Å²) in [5, 5.41) is 0. The number of hydrogen-bond donors (Lipinski definition) is 1. The molecule has 0 aromatic heterocycles. The normalized spacial score (nSPS) is 21.0. The van der Waals surface area contributed by atoms with Crippen molar-refractivity contribution in [2.75, 3.05) is 24.5 Å². The van der Waals surface area contributed by atoms with Crippen LogP contribution in [0.3, 0.4) is 0 Å². The van der Waals surface area contributed by atoms with Crippen LogP contribution in [0.25, 0.3) is 0 Å². The minimum Gasteiger partial charge on any atom is -0.341 e. The maximum atomic E-state index is 13.1. The maximum Gasteiger partial charge on any atom is 0.266 e. The Morgan fingerprint density at radius 1 is 1.18 bits per heavy atom. The first kappa shape index (κ1) is 20.5. The highest BCUT2D eigenvalue weighted by atomic mass is 16.2. The molecule has 1 aromatic rings. The molecular weight excluding hydrogens is 352 g/mol. The third-order valence-electron chi connectivity index (χ3n) is 5.63. The number of anilines is 1. The first-order valence-electron chi connectivity index (χ1n) is 10.4. The van der Waals surface area contributed by atoms with Crippen LogP contribution in [0.2, 0.25) is 0 Å². The largest absolute Gasteiger partial charge is 0.341 e. The number of carbonyl (C=O) groups excluding carboxylic acids is 2. The van der Waals surface area contributed by atoms with Crippen molar-refractivity contribution in [2.24, 2.45) is 16.6 Å². The van der Waals surface area contributed by atoms with E-state index in [9.17, 15) is 9.59 Å². The molecule has 0 saturated carbocycles. The zero-order chi connectivity index (χ0) is 20.3. The second kappa shape index (κ2) is 8.86. The van der Waals surface area contributed by atoms with Gasteiger partial charge in [0.1, 0.15) is 6.54 Å². The number of likely N-dealkylation sites (tertiary alicyclic amines) is 1. The van der Waals surface area contributed by atoms with E-state index >= 15 is 0 Å². The Morgan fingerprint density at radius 3 is 2.46 bits per heavy atom. The lowest BCUT2D eigenvalue weighted by molar-refractivity contribution is -0.131. The molecule has 2 amide bonds. The number of fused-ring (bicyclic) bond motifs is 1. The molecule has 1 aromatic carbocycles. The summed E-state index contributed by atoms with van der Waals surface area (Å²) in [5.41, 5.74) is 9.57. The van der Waals surface area contributed by atoms with Crippen LogP contribution in [0.15, 0.2) is 23.2 Å². The van der Waals surface area contributed by atoms with Crippen molar-refractivity contribution in [3.63, 3.8) is 0 Å². The fourth-order valence-corrected chi connectivity index (χ4v) is 4.12. The van der Waals surface area contributed by atoms with E-state index in [0.29, 0.717) is 0 Å². The summed E-state index contributed by atoms with van der Waals surface area (Å²) in [4.78, 5) is 34.2. The molecule has 0 bridgehead atoms. The smallest absolute Gasteiger partial charge is 0.266 e. The minimum absolute atomic E-state index is 0.00958. The number of hydrogen-bond acceptors (Lipinski definition) is 4. The number of aryl methyl sites for hydroxylation is 1. The van der Waals surface area contributed by atoms with Gasteiger partial charge in [0.05, 0.1) is 5.69 Å². The molecule has 1 unspecified atom stereocenters. The van der Waals surface area contributed by atoms with E-state index in [1.807, 2.05) is 43.9 Å². The van der Waals surface area contributed by atoms with Gasteiger partial charge in [-0.1, -0.05) is 51.3 Å². The van der Waals surface area contributed by atoms with Crippen molar-refractivity contribution < 1.29 is 9.59 Å². The molecule has 2 aliphatic heterocycles. The lowest BCUT2D eigenvalue weighted by Gasteiger charge is -2.30. The summed E-state index contributed by atoms with van der Waals surface area (Å²) >= 11 is 0. The molecule has 1 saturated heterocycles. The van der Waals surface area contributed by atoms with Crippen LogP contribution in [0.4, 0.5) is 5.69 Å². The van der Waals surface area contributed by atoms with E-state index in [1.54, 1.807) is 4.90 Å². The molecule has 0 radical (unpaired) electrons. The van der Waals surface area contributed by atoms with Gasteiger partial charge in [-0.25, -0.2) is 0 Å². The van der Waals surface area contributed by atoms with Crippen molar-refractivity contribution >= 4 is 23.2 Å². The fourth-order valence-electron chi connectivity index (χ4n) is 4.12. The first-order valence-corrected chi connectivity index (χ1v) is 10.4. The van der Waals surface area contributed by atoms with Crippen LogP contribution in [-0.2, 0) is 9.59 Å². The number of aliphatic imine (C=N–C) groups is 1. The number of para-hydroxylation sites is 1. The van der Waals surface area contributed by atoms with Crippen molar-refractivity contribution in [1.29, 1.82) is 0 Å². The summed E-state index contributed by atoms with van der Waals surface area (Å²) < 4.78 is 0. The molecule has 2 N–H and O–H groups in total. The molecular formula is C22H32N4O2. The van der Waals surface area contributed by atoms with Crippen molar-refractivity contribution in [3.8, 4) is 0 Å². The van der Waals surface area contributed by atoms with Crippen molar-refractivity contribution in [2.45, 2.75) is 59.0 Å². The van der Waals surface area contributed by atoms with Gasteiger partial charge in [-0.05, 0) is 31.2 Å². The predicted molar refractivity (Wildman–Crippen MR) is 113 cm³/mol. The average molecular weight is 385 g/mol. The summed E-state index contributed by atoms with van der Waals surface area (Å²) in [5.74, 6) is -0.194. The van der Waals surface area contributed by atoms with Crippen molar-refractivity contribution in [3.05, 3.63) is 29.3 Å². The SMILES string of the molecule is Cc1cccc2c1N(CC(=O)N1CCCCCCC1)C(=O)C(N)N=C2C(C)C. The number of nitrogens with two attached hydrogens (primary N) is 1. The number of benzene rings is 1. The van der Waals surface area contributed by atoms with Crippen LogP contribution in [0.1, 0.15) is 57.1 Å². The zero-order valence-corrected chi connectivity index (χ0v) is 17.3. The highest BCUT2D eigenvalue weighted by Crippen LogP contribution is 2.31. The van der Waals surface area contributed by atoms with Gasteiger partial charge in [0.2, 0.25) is 5.91 Å². The second-order valence-corrected chi connectivity index (χ2v) is 8.16. The molecule has 0 aliphatic carbocycles. The Balaban J connectivity index is 1.94. The third-order valence-corrected chi connectivity index (χ3v) is 5.63. The Bertz CT molecular complexity index is 764. The number of carbonyl (C=O) groups is 2. The highest BCUT2D eigenvalue weighted by Gasteiger charge is 2.33. The van der Waals surface area contributed by atoms with Gasteiger partial charge in [0, 0.05) is 24.4 Å². The van der Waals surface area contributed by atoms with Gasteiger partial charge in [-0.2, -0.15) is 0 Å². The highest BCUT2D eigenvalue weighted by molar-refractivity contribution is 6.15. The Kier molecular flexibility index (Phi) is 6.50. The lowest BCUT2D eigenvalue weighted by atomic mass is 9.96. The quantitative estimate of drug-likeness (QED) is 0.870.